The van der Waals surface area contributed by atoms with Gasteiger partial charge in [0.15, 0.2) is 12.4 Å². The maximum absolute atomic E-state index is 11.8. The SMILES string of the molecule is CCOc1ccc(C(=O)COC(=O)[C@H]2C[C@@H]2[N+](=O)[O-])cc1. The summed E-state index contributed by atoms with van der Waals surface area (Å²) in [6.45, 7) is 1.98. The third-order valence-corrected chi connectivity index (χ3v) is 3.16. The Morgan fingerprint density at radius 3 is 2.52 bits per heavy atom. The Balaban J connectivity index is 1.82. The van der Waals surface area contributed by atoms with E-state index in [0.717, 1.165) is 0 Å². The first-order chi connectivity index (χ1) is 10.0. The zero-order chi connectivity index (χ0) is 15.4. The molecule has 21 heavy (non-hydrogen) atoms. The van der Waals surface area contributed by atoms with Gasteiger partial charge in [-0.2, -0.15) is 0 Å². The maximum atomic E-state index is 11.8. The van der Waals surface area contributed by atoms with E-state index in [2.05, 4.69) is 0 Å². The fraction of sp³-hybridized carbons (Fsp3) is 0.429. The number of carbonyl (C=O) groups is 2. The molecule has 0 saturated heterocycles. The van der Waals surface area contributed by atoms with Gasteiger partial charge in [0.2, 0.25) is 6.04 Å². The molecule has 2 rings (SSSR count). The number of Topliss-reactive ketones (excluding diaryl/α,β-unsaturated/α-hetero) is 1. The predicted octanol–water partition coefficient (Wildman–Crippen LogP) is 1.48. The van der Waals surface area contributed by atoms with E-state index in [1.54, 1.807) is 24.3 Å². The van der Waals surface area contributed by atoms with Crippen LogP contribution in [0.3, 0.4) is 0 Å². The van der Waals surface area contributed by atoms with Crippen LogP contribution >= 0.6 is 0 Å². The van der Waals surface area contributed by atoms with Gasteiger partial charge in [0.1, 0.15) is 11.7 Å². The van der Waals surface area contributed by atoms with Crippen molar-refractivity contribution in [1.82, 2.24) is 0 Å². The molecule has 0 heterocycles. The van der Waals surface area contributed by atoms with Crippen LogP contribution in [0.4, 0.5) is 0 Å². The van der Waals surface area contributed by atoms with Gasteiger partial charge in [0, 0.05) is 16.9 Å². The molecule has 1 aromatic rings. The van der Waals surface area contributed by atoms with Crippen molar-refractivity contribution in [2.75, 3.05) is 13.2 Å². The van der Waals surface area contributed by atoms with Gasteiger partial charge >= 0.3 is 5.97 Å². The first-order valence-corrected chi connectivity index (χ1v) is 6.59. The molecule has 1 fully saturated rings. The average Bonchev–Trinajstić information content (AvgIpc) is 3.26. The molecule has 0 radical (unpaired) electrons. The van der Waals surface area contributed by atoms with E-state index in [9.17, 15) is 19.7 Å². The fourth-order valence-corrected chi connectivity index (χ4v) is 1.90. The molecule has 0 amide bonds. The van der Waals surface area contributed by atoms with E-state index in [1.807, 2.05) is 6.92 Å². The average molecular weight is 293 g/mol. The minimum absolute atomic E-state index is 0.184. The summed E-state index contributed by atoms with van der Waals surface area (Å²) in [6.07, 6.45) is 0.184. The van der Waals surface area contributed by atoms with Crippen molar-refractivity contribution in [1.29, 1.82) is 0 Å². The summed E-state index contributed by atoms with van der Waals surface area (Å²) in [5.41, 5.74) is 0.396. The Kier molecular flexibility index (Phi) is 4.52. The molecule has 0 unspecified atom stereocenters. The molecule has 1 aromatic carbocycles. The lowest BCUT2D eigenvalue weighted by atomic mass is 10.1. The van der Waals surface area contributed by atoms with Gasteiger partial charge in [-0.15, -0.1) is 0 Å². The number of nitro groups is 1. The minimum atomic E-state index is -0.863. The number of hydrogen-bond donors (Lipinski definition) is 0. The Morgan fingerprint density at radius 1 is 1.33 bits per heavy atom. The number of ketones is 1. The van der Waals surface area contributed by atoms with Crippen molar-refractivity contribution >= 4 is 11.8 Å². The van der Waals surface area contributed by atoms with Crippen molar-refractivity contribution in [3.8, 4) is 5.75 Å². The Morgan fingerprint density at radius 2 is 2.00 bits per heavy atom. The van der Waals surface area contributed by atoms with E-state index < -0.39 is 29.5 Å². The molecule has 7 nitrogen and oxygen atoms in total. The molecule has 1 saturated carbocycles. The van der Waals surface area contributed by atoms with Gasteiger partial charge in [-0.1, -0.05) is 0 Å². The summed E-state index contributed by atoms with van der Waals surface area (Å²) in [4.78, 5) is 33.3. The Hall–Kier alpha value is -2.44. The van der Waals surface area contributed by atoms with Crippen molar-refractivity contribution in [3.63, 3.8) is 0 Å². The van der Waals surface area contributed by atoms with Crippen LogP contribution in [0.25, 0.3) is 0 Å². The highest BCUT2D eigenvalue weighted by atomic mass is 16.6. The van der Waals surface area contributed by atoms with Gasteiger partial charge in [0.05, 0.1) is 6.61 Å². The van der Waals surface area contributed by atoms with Crippen LogP contribution in [0.5, 0.6) is 5.75 Å². The number of rotatable bonds is 7. The van der Waals surface area contributed by atoms with Crippen LogP contribution < -0.4 is 4.74 Å². The summed E-state index contributed by atoms with van der Waals surface area (Å²) < 4.78 is 10.1. The monoisotopic (exact) mass is 293 g/mol. The van der Waals surface area contributed by atoms with Crippen molar-refractivity contribution in [2.24, 2.45) is 5.92 Å². The van der Waals surface area contributed by atoms with E-state index in [1.165, 1.54) is 0 Å². The third kappa shape index (κ3) is 3.77. The van der Waals surface area contributed by atoms with Crippen LogP contribution in [-0.4, -0.2) is 35.9 Å². The molecule has 7 heteroatoms. The number of carbonyl (C=O) groups excluding carboxylic acids is 2. The molecule has 0 aliphatic heterocycles. The van der Waals surface area contributed by atoms with Crippen LogP contribution in [0.15, 0.2) is 24.3 Å². The molecular formula is C14H15NO6. The second-order valence-corrected chi connectivity index (χ2v) is 4.68. The largest absolute Gasteiger partial charge is 0.494 e. The van der Waals surface area contributed by atoms with Crippen molar-refractivity contribution < 1.29 is 24.0 Å². The summed E-state index contributed by atoms with van der Waals surface area (Å²) in [7, 11) is 0. The zero-order valence-corrected chi connectivity index (χ0v) is 11.5. The topological polar surface area (TPSA) is 95.7 Å². The van der Waals surface area contributed by atoms with Crippen molar-refractivity contribution in [3.05, 3.63) is 39.9 Å². The van der Waals surface area contributed by atoms with Gasteiger partial charge in [-0.3, -0.25) is 19.7 Å². The molecule has 0 bridgehead atoms. The molecular weight excluding hydrogens is 278 g/mol. The fourth-order valence-electron chi connectivity index (χ4n) is 1.90. The first kappa shape index (κ1) is 15.0. The normalized spacial score (nSPS) is 19.7. The second-order valence-electron chi connectivity index (χ2n) is 4.68. The van der Waals surface area contributed by atoms with Crippen LogP contribution in [0.2, 0.25) is 0 Å². The van der Waals surface area contributed by atoms with Gasteiger partial charge < -0.3 is 9.47 Å². The molecule has 2 atom stereocenters. The van der Waals surface area contributed by atoms with Crippen LogP contribution in [-0.2, 0) is 9.53 Å². The third-order valence-electron chi connectivity index (χ3n) is 3.16. The lowest BCUT2D eigenvalue weighted by molar-refractivity contribution is -0.497. The summed E-state index contributed by atoms with van der Waals surface area (Å²) in [6, 6.07) is 5.61. The summed E-state index contributed by atoms with van der Waals surface area (Å²) in [5.74, 6) is -1.10. The van der Waals surface area contributed by atoms with E-state index in [-0.39, 0.29) is 12.2 Å². The molecule has 0 spiro atoms. The lowest BCUT2D eigenvalue weighted by Crippen LogP contribution is -2.18. The minimum Gasteiger partial charge on any atom is -0.494 e. The number of benzene rings is 1. The highest BCUT2D eigenvalue weighted by molar-refractivity contribution is 5.98. The second kappa shape index (κ2) is 6.34. The van der Waals surface area contributed by atoms with Crippen LogP contribution in [0.1, 0.15) is 23.7 Å². The standard InChI is InChI=1S/C14H15NO6/c1-2-20-10-5-3-9(4-6-10)13(16)8-21-14(17)11-7-12(11)15(18)19/h3-6,11-12H,2,7-8H2,1H3/t11-,12-/m0/s1. The van der Waals surface area contributed by atoms with Crippen LogP contribution in [0, 0.1) is 16.0 Å². The molecule has 0 aromatic heterocycles. The highest BCUT2D eigenvalue weighted by Crippen LogP contribution is 2.34. The van der Waals surface area contributed by atoms with E-state index in [0.29, 0.717) is 17.9 Å². The molecule has 1 aliphatic carbocycles. The smallest absolute Gasteiger partial charge is 0.316 e. The van der Waals surface area contributed by atoms with Gasteiger partial charge in [0.25, 0.3) is 0 Å². The van der Waals surface area contributed by atoms with Crippen molar-refractivity contribution in [2.45, 2.75) is 19.4 Å². The first-order valence-electron chi connectivity index (χ1n) is 6.59. The maximum Gasteiger partial charge on any atom is 0.316 e. The number of esters is 1. The van der Waals surface area contributed by atoms with Gasteiger partial charge in [-0.05, 0) is 31.2 Å². The molecule has 0 N–H and O–H groups in total. The number of ether oxygens (including phenoxy) is 2. The predicted molar refractivity (Wildman–Crippen MR) is 71.8 cm³/mol. The summed E-state index contributed by atoms with van der Waals surface area (Å²) in [5, 5.41) is 10.4. The molecule has 112 valence electrons. The molecule has 1 aliphatic rings. The van der Waals surface area contributed by atoms with E-state index in [4.69, 9.17) is 9.47 Å². The highest BCUT2D eigenvalue weighted by Gasteiger charge is 2.54. The number of nitrogens with zero attached hydrogens (tertiary/aromatic N) is 1. The summed E-state index contributed by atoms with van der Waals surface area (Å²) >= 11 is 0. The van der Waals surface area contributed by atoms with Gasteiger partial charge in [-0.25, -0.2) is 0 Å². The Bertz CT molecular complexity index is 553. The zero-order valence-electron chi connectivity index (χ0n) is 11.5. The quantitative estimate of drug-likeness (QED) is 0.327. The Labute approximate surface area is 121 Å². The number of hydrogen-bond acceptors (Lipinski definition) is 6. The lowest BCUT2D eigenvalue weighted by Gasteiger charge is -2.05. The van der Waals surface area contributed by atoms with E-state index >= 15 is 0 Å².